The number of pyridine rings is 1. The summed E-state index contributed by atoms with van der Waals surface area (Å²) in [6, 6.07) is 5.85. The molecule has 0 aliphatic carbocycles. The molecule has 1 heterocycles. The summed E-state index contributed by atoms with van der Waals surface area (Å²) >= 11 is 3.27. The van der Waals surface area contributed by atoms with E-state index >= 15 is 0 Å². The smallest absolute Gasteiger partial charge is 0.0856 e. The van der Waals surface area contributed by atoms with Crippen LogP contribution in [-0.2, 0) is 0 Å². The number of nitrogens with zero attached hydrogens (tertiary/aromatic N) is 2. The van der Waals surface area contributed by atoms with Gasteiger partial charge in [-0.3, -0.25) is 4.98 Å². The predicted octanol–water partition coefficient (Wildman–Crippen LogP) is 2.47. The lowest BCUT2D eigenvalue weighted by molar-refractivity contribution is 0.918. The minimum absolute atomic E-state index is 0.122. The van der Waals surface area contributed by atoms with Gasteiger partial charge in [-0.05, 0) is 35.0 Å². The fourth-order valence-corrected chi connectivity index (χ4v) is 0.944. The molecule has 11 heavy (non-hydrogen) atoms. The van der Waals surface area contributed by atoms with E-state index in [4.69, 9.17) is 5.26 Å². The molecule has 0 N–H and O–H groups in total. The molecule has 0 radical (unpaired) electrons. The summed E-state index contributed by atoms with van der Waals surface area (Å²) < 4.78 is 0.936. The number of rotatable bonds is 1. The average molecular weight is 211 g/mol. The van der Waals surface area contributed by atoms with Crippen molar-refractivity contribution >= 4 is 15.9 Å². The van der Waals surface area contributed by atoms with Crippen molar-refractivity contribution in [2.45, 2.75) is 12.8 Å². The third-order valence-electron chi connectivity index (χ3n) is 1.39. The van der Waals surface area contributed by atoms with E-state index in [2.05, 4.69) is 27.0 Å². The first-order valence-electron chi connectivity index (χ1n) is 3.25. The highest BCUT2D eigenvalue weighted by molar-refractivity contribution is 9.10. The average Bonchev–Trinajstić information content (AvgIpc) is 2.05. The lowest BCUT2D eigenvalue weighted by Crippen LogP contribution is -1.92. The van der Waals surface area contributed by atoms with Gasteiger partial charge in [0.05, 0.1) is 17.7 Å². The van der Waals surface area contributed by atoms with Crippen LogP contribution in [0.5, 0.6) is 0 Å². The topological polar surface area (TPSA) is 36.7 Å². The molecule has 1 atom stereocenters. The molecule has 0 amide bonds. The van der Waals surface area contributed by atoms with E-state index in [1.807, 2.05) is 19.1 Å². The molecule has 2 nitrogen and oxygen atoms in total. The number of hydrogen-bond acceptors (Lipinski definition) is 2. The van der Waals surface area contributed by atoms with Gasteiger partial charge < -0.3 is 0 Å². The fourth-order valence-electron chi connectivity index (χ4n) is 0.710. The van der Waals surface area contributed by atoms with Gasteiger partial charge in [0, 0.05) is 10.7 Å². The zero-order chi connectivity index (χ0) is 8.27. The second-order valence-electron chi connectivity index (χ2n) is 2.25. The summed E-state index contributed by atoms with van der Waals surface area (Å²) in [7, 11) is 0. The SMILES string of the molecule is C[C@H](C#N)c1ccc(Br)cn1. The maximum Gasteiger partial charge on any atom is 0.0856 e. The Bertz CT molecular complexity index is 273. The van der Waals surface area contributed by atoms with E-state index in [0.29, 0.717) is 0 Å². The van der Waals surface area contributed by atoms with Crippen molar-refractivity contribution in [3.63, 3.8) is 0 Å². The Morgan fingerprint density at radius 1 is 1.64 bits per heavy atom. The van der Waals surface area contributed by atoms with Crippen LogP contribution in [0.25, 0.3) is 0 Å². The van der Waals surface area contributed by atoms with E-state index in [0.717, 1.165) is 10.2 Å². The van der Waals surface area contributed by atoms with Crippen LogP contribution in [0.15, 0.2) is 22.8 Å². The molecule has 1 aromatic heterocycles. The summed E-state index contributed by atoms with van der Waals surface area (Å²) in [5.41, 5.74) is 0.815. The highest BCUT2D eigenvalue weighted by Crippen LogP contribution is 2.13. The maximum absolute atomic E-state index is 8.56. The zero-order valence-corrected chi connectivity index (χ0v) is 7.67. The van der Waals surface area contributed by atoms with Crippen LogP contribution < -0.4 is 0 Å². The molecule has 0 unspecified atom stereocenters. The Hall–Kier alpha value is -0.880. The molecule has 1 aromatic rings. The normalized spacial score (nSPS) is 12.1. The minimum atomic E-state index is -0.122. The summed E-state index contributed by atoms with van der Waals surface area (Å²) in [5, 5.41) is 8.56. The van der Waals surface area contributed by atoms with Crippen LogP contribution in [0.4, 0.5) is 0 Å². The number of halogens is 1. The summed E-state index contributed by atoms with van der Waals surface area (Å²) in [6.45, 7) is 1.83. The second-order valence-corrected chi connectivity index (χ2v) is 3.17. The van der Waals surface area contributed by atoms with E-state index in [-0.39, 0.29) is 5.92 Å². The van der Waals surface area contributed by atoms with Crippen molar-refractivity contribution in [3.8, 4) is 6.07 Å². The Morgan fingerprint density at radius 3 is 2.82 bits per heavy atom. The van der Waals surface area contributed by atoms with Crippen molar-refractivity contribution in [1.82, 2.24) is 4.98 Å². The van der Waals surface area contributed by atoms with Crippen molar-refractivity contribution in [1.29, 1.82) is 5.26 Å². The number of hydrogen-bond donors (Lipinski definition) is 0. The van der Waals surface area contributed by atoms with Gasteiger partial charge in [0.2, 0.25) is 0 Å². The molecular formula is C8H7BrN2. The summed E-state index contributed by atoms with van der Waals surface area (Å²) in [4.78, 5) is 4.08. The van der Waals surface area contributed by atoms with Crippen molar-refractivity contribution < 1.29 is 0 Å². The lowest BCUT2D eigenvalue weighted by Gasteiger charge is -1.99. The second kappa shape index (κ2) is 3.49. The van der Waals surface area contributed by atoms with Gasteiger partial charge in [-0.15, -0.1) is 0 Å². The first-order chi connectivity index (χ1) is 5.24. The number of nitriles is 1. The highest BCUT2D eigenvalue weighted by Gasteiger charge is 2.03. The molecule has 0 spiro atoms. The first kappa shape index (κ1) is 8.22. The van der Waals surface area contributed by atoms with Gasteiger partial charge in [-0.25, -0.2) is 0 Å². The first-order valence-corrected chi connectivity index (χ1v) is 4.04. The molecule has 0 aliphatic heterocycles. The van der Waals surface area contributed by atoms with Crippen LogP contribution in [-0.4, -0.2) is 4.98 Å². The lowest BCUT2D eigenvalue weighted by atomic mass is 10.1. The fraction of sp³-hybridized carbons (Fsp3) is 0.250. The largest absolute Gasteiger partial charge is 0.259 e. The zero-order valence-electron chi connectivity index (χ0n) is 6.08. The van der Waals surface area contributed by atoms with Crippen molar-refractivity contribution in [2.24, 2.45) is 0 Å². The maximum atomic E-state index is 8.56. The van der Waals surface area contributed by atoms with Crippen molar-refractivity contribution in [3.05, 3.63) is 28.5 Å². The highest BCUT2D eigenvalue weighted by atomic mass is 79.9. The molecule has 1 rings (SSSR count). The van der Waals surface area contributed by atoms with Gasteiger partial charge in [0.1, 0.15) is 0 Å². The van der Waals surface area contributed by atoms with Gasteiger partial charge in [-0.2, -0.15) is 5.26 Å². The molecule has 0 saturated carbocycles. The standard InChI is InChI=1S/C8H7BrN2/c1-6(4-10)8-3-2-7(9)5-11-8/h2-3,5-6H,1H3/t6-/m1/s1. The van der Waals surface area contributed by atoms with E-state index in [9.17, 15) is 0 Å². The Kier molecular flexibility index (Phi) is 2.61. The Labute approximate surface area is 74.0 Å². The van der Waals surface area contributed by atoms with Crippen molar-refractivity contribution in [2.75, 3.05) is 0 Å². The summed E-state index contributed by atoms with van der Waals surface area (Å²) in [6.07, 6.45) is 1.70. The van der Waals surface area contributed by atoms with E-state index in [1.165, 1.54) is 0 Å². The van der Waals surface area contributed by atoms with E-state index < -0.39 is 0 Å². The molecule has 0 aromatic carbocycles. The van der Waals surface area contributed by atoms with Gasteiger partial charge in [0.25, 0.3) is 0 Å². The van der Waals surface area contributed by atoms with Crippen LogP contribution in [0.2, 0.25) is 0 Å². The number of aromatic nitrogens is 1. The molecule has 3 heteroatoms. The monoisotopic (exact) mass is 210 g/mol. The molecule has 56 valence electrons. The van der Waals surface area contributed by atoms with Crippen LogP contribution in [0.1, 0.15) is 18.5 Å². The van der Waals surface area contributed by atoms with Crippen LogP contribution in [0.3, 0.4) is 0 Å². The molecule has 0 aliphatic rings. The Morgan fingerprint density at radius 2 is 2.36 bits per heavy atom. The van der Waals surface area contributed by atoms with E-state index in [1.54, 1.807) is 6.20 Å². The van der Waals surface area contributed by atoms with Gasteiger partial charge >= 0.3 is 0 Å². The van der Waals surface area contributed by atoms with Gasteiger partial charge in [-0.1, -0.05) is 0 Å². The third-order valence-corrected chi connectivity index (χ3v) is 1.86. The van der Waals surface area contributed by atoms with Crippen LogP contribution >= 0.6 is 15.9 Å². The molecule has 0 saturated heterocycles. The third kappa shape index (κ3) is 2.02. The Balaban J connectivity index is 2.92. The summed E-state index contributed by atoms with van der Waals surface area (Å²) in [5.74, 6) is -0.122. The molecular weight excluding hydrogens is 204 g/mol. The predicted molar refractivity (Wildman–Crippen MR) is 46.0 cm³/mol. The molecule has 0 bridgehead atoms. The molecule has 0 fully saturated rings. The quantitative estimate of drug-likeness (QED) is 0.715. The van der Waals surface area contributed by atoms with Crippen LogP contribution in [0, 0.1) is 11.3 Å². The van der Waals surface area contributed by atoms with Gasteiger partial charge in [0.15, 0.2) is 0 Å². The minimum Gasteiger partial charge on any atom is -0.259 e.